The zero-order chi connectivity index (χ0) is 19.2. The lowest BCUT2D eigenvalue weighted by molar-refractivity contribution is -0.146. The summed E-state index contributed by atoms with van der Waals surface area (Å²) in [6.07, 6.45) is 3.15. The van der Waals surface area contributed by atoms with E-state index in [0.717, 1.165) is 35.1 Å². The second-order valence-corrected chi connectivity index (χ2v) is 6.90. The fourth-order valence-electron chi connectivity index (χ4n) is 2.46. The fraction of sp³-hybridized carbons (Fsp3) is 0.250. The number of carbonyl (C=O) groups is 3. The number of furan rings is 1. The zero-order valence-corrected chi connectivity index (χ0v) is 15.7. The van der Waals surface area contributed by atoms with Gasteiger partial charge in [-0.15, -0.1) is 0 Å². The molecule has 0 saturated carbocycles. The Hall–Kier alpha value is -2.80. The normalized spacial score (nSPS) is 15.6. The molecule has 0 aliphatic carbocycles. The van der Waals surface area contributed by atoms with Crippen LogP contribution in [0.3, 0.4) is 0 Å². The summed E-state index contributed by atoms with van der Waals surface area (Å²) in [5, 5.41) is -0.492. The number of benzene rings is 1. The molecule has 2 heterocycles. The standard InChI is InChI=1S/C20H19NO5S/c1-2-3-11-25-18(22)13-21-19(23)17(27-20(21)24)12-15-9-10-16(26-15)14-7-5-4-6-8-14/h4-10,12H,2-3,11,13H2,1H3/b17-12-. The lowest BCUT2D eigenvalue weighted by atomic mass is 10.2. The first-order valence-corrected chi connectivity index (χ1v) is 9.46. The van der Waals surface area contributed by atoms with Crippen molar-refractivity contribution < 1.29 is 23.5 Å². The smallest absolute Gasteiger partial charge is 0.326 e. The molecule has 6 nitrogen and oxygen atoms in total. The van der Waals surface area contributed by atoms with Crippen molar-refractivity contribution in [3.8, 4) is 11.3 Å². The molecule has 1 aromatic carbocycles. The van der Waals surface area contributed by atoms with Crippen molar-refractivity contribution in [3.63, 3.8) is 0 Å². The van der Waals surface area contributed by atoms with Crippen LogP contribution in [0.1, 0.15) is 25.5 Å². The van der Waals surface area contributed by atoms with E-state index < -0.39 is 17.1 Å². The lowest BCUT2D eigenvalue weighted by Crippen LogP contribution is -2.34. The molecule has 3 rings (SSSR count). The second kappa shape index (κ2) is 8.73. The van der Waals surface area contributed by atoms with Gasteiger partial charge in [0.25, 0.3) is 11.1 Å². The van der Waals surface area contributed by atoms with Crippen LogP contribution in [0.5, 0.6) is 0 Å². The molecule has 140 valence electrons. The Morgan fingerprint density at radius 1 is 1.19 bits per heavy atom. The average molecular weight is 385 g/mol. The highest BCUT2D eigenvalue weighted by molar-refractivity contribution is 8.18. The van der Waals surface area contributed by atoms with Crippen molar-refractivity contribution in [1.29, 1.82) is 0 Å². The van der Waals surface area contributed by atoms with E-state index in [2.05, 4.69) is 0 Å². The van der Waals surface area contributed by atoms with Gasteiger partial charge in [0, 0.05) is 11.6 Å². The molecular formula is C20H19NO5S. The summed E-state index contributed by atoms with van der Waals surface area (Å²) in [5.41, 5.74) is 0.917. The Balaban J connectivity index is 1.67. The summed E-state index contributed by atoms with van der Waals surface area (Å²) < 4.78 is 10.7. The lowest BCUT2D eigenvalue weighted by Gasteiger charge is -2.11. The zero-order valence-electron chi connectivity index (χ0n) is 14.8. The number of carbonyl (C=O) groups excluding carboxylic acids is 3. The van der Waals surface area contributed by atoms with Gasteiger partial charge in [-0.1, -0.05) is 43.7 Å². The van der Waals surface area contributed by atoms with Crippen LogP contribution in [0.2, 0.25) is 0 Å². The molecule has 0 radical (unpaired) electrons. The van der Waals surface area contributed by atoms with Gasteiger partial charge in [0.1, 0.15) is 18.1 Å². The molecule has 0 unspecified atom stereocenters. The van der Waals surface area contributed by atoms with Gasteiger partial charge in [-0.3, -0.25) is 19.3 Å². The highest BCUT2D eigenvalue weighted by Gasteiger charge is 2.36. The molecule has 1 aliphatic rings. The molecular weight excluding hydrogens is 366 g/mol. The predicted octanol–water partition coefficient (Wildman–Crippen LogP) is 4.33. The van der Waals surface area contributed by atoms with Gasteiger partial charge in [-0.05, 0) is 30.3 Å². The minimum Gasteiger partial charge on any atom is -0.464 e. The number of nitrogens with zero attached hydrogens (tertiary/aromatic N) is 1. The second-order valence-electron chi connectivity index (χ2n) is 5.91. The van der Waals surface area contributed by atoms with Crippen LogP contribution in [-0.4, -0.2) is 35.2 Å². The fourth-order valence-corrected chi connectivity index (χ4v) is 3.28. The highest BCUT2D eigenvalue weighted by Crippen LogP contribution is 2.33. The van der Waals surface area contributed by atoms with E-state index in [9.17, 15) is 14.4 Å². The Labute approximate surface area is 161 Å². The first-order valence-electron chi connectivity index (χ1n) is 8.64. The van der Waals surface area contributed by atoms with E-state index in [0.29, 0.717) is 11.5 Å². The van der Waals surface area contributed by atoms with Crippen molar-refractivity contribution in [2.75, 3.05) is 13.2 Å². The third-order valence-corrected chi connectivity index (χ3v) is 4.79. The summed E-state index contributed by atoms with van der Waals surface area (Å²) in [6, 6.07) is 13.1. The number of thioether (sulfide) groups is 1. The highest BCUT2D eigenvalue weighted by atomic mass is 32.2. The van der Waals surface area contributed by atoms with Crippen molar-refractivity contribution in [1.82, 2.24) is 4.90 Å². The Bertz CT molecular complexity index is 872. The van der Waals surface area contributed by atoms with Crippen LogP contribution >= 0.6 is 11.8 Å². The number of esters is 1. The first-order chi connectivity index (χ1) is 13.1. The molecule has 1 aliphatic heterocycles. The van der Waals surface area contributed by atoms with Gasteiger partial charge in [0.15, 0.2) is 0 Å². The first kappa shape index (κ1) is 19.0. The molecule has 1 saturated heterocycles. The largest absolute Gasteiger partial charge is 0.464 e. The number of imide groups is 1. The monoisotopic (exact) mass is 385 g/mol. The van der Waals surface area contributed by atoms with Crippen LogP contribution in [0.25, 0.3) is 17.4 Å². The quantitative estimate of drug-likeness (QED) is 0.401. The third-order valence-electron chi connectivity index (χ3n) is 3.88. The molecule has 1 fully saturated rings. The van der Waals surface area contributed by atoms with Crippen LogP contribution in [-0.2, 0) is 14.3 Å². The maximum atomic E-state index is 12.4. The van der Waals surface area contributed by atoms with E-state index in [1.54, 1.807) is 12.1 Å². The van der Waals surface area contributed by atoms with E-state index in [-0.39, 0.29) is 18.1 Å². The Morgan fingerprint density at radius 2 is 1.96 bits per heavy atom. The molecule has 0 spiro atoms. The van der Waals surface area contributed by atoms with Crippen molar-refractivity contribution in [3.05, 3.63) is 53.1 Å². The number of unbranched alkanes of at least 4 members (excludes halogenated alkanes) is 1. The topological polar surface area (TPSA) is 76.8 Å². The van der Waals surface area contributed by atoms with Gasteiger partial charge < -0.3 is 9.15 Å². The molecule has 7 heteroatoms. The number of rotatable bonds is 7. The molecule has 0 bridgehead atoms. The third kappa shape index (κ3) is 4.68. The summed E-state index contributed by atoms with van der Waals surface area (Å²) >= 11 is 0.783. The van der Waals surface area contributed by atoms with E-state index in [4.69, 9.17) is 9.15 Å². The van der Waals surface area contributed by atoms with Crippen LogP contribution in [0.4, 0.5) is 4.79 Å². The van der Waals surface area contributed by atoms with Crippen LogP contribution in [0, 0.1) is 0 Å². The average Bonchev–Trinajstić information content (AvgIpc) is 3.23. The molecule has 2 aromatic rings. The van der Waals surface area contributed by atoms with Crippen molar-refractivity contribution in [2.45, 2.75) is 19.8 Å². The van der Waals surface area contributed by atoms with E-state index in [1.807, 2.05) is 37.3 Å². The van der Waals surface area contributed by atoms with Gasteiger partial charge in [0.05, 0.1) is 11.5 Å². The molecule has 27 heavy (non-hydrogen) atoms. The minimum atomic E-state index is -0.587. The van der Waals surface area contributed by atoms with E-state index in [1.165, 1.54) is 6.08 Å². The van der Waals surface area contributed by atoms with Gasteiger partial charge in [0.2, 0.25) is 0 Å². The van der Waals surface area contributed by atoms with Crippen LogP contribution < -0.4 is 0 Å². The maximum Gasteiger partial charge on any atom is 0.326 e. The molecule has 1 aromatic heterocycles. The summed E-state index contributed by atoms with van der Waals surface area (Å²) in [6.45, 7) is 1.89. The maximum absolute atomic E-state index is 12.4. The predicted molar refractivity (Wildman–Crippen MR) is 103 cm³/mol. The van der Waals surface area contributed by atoms with E-state index >= 15 is 0 Å². The van der Waals surface area contributed by atoms with Crippen LogP contribution in [0.15, 0.2) is 51.8 Å². The Kier molecular flexibility index (Phi) is 6.13. The number of hydrogen-bond donors (Lipinski definition) is 0. The number of hydrogen-bond acceptors (Lipinski definition) is 6. The van der Waals surface area contributed by atoms with Crippen molar-refractivity contribution >= 4 is 35.0 Å². The van der Waals surface area contributed by atoms with Gasteiger partial charge in [-0.25, -0.2) is 0 Å². The van der Waals surface area contributed by atoms with Gasteiger partial charge >= 0.3 is 5.97 Å². The summed E-state index contributed by atoms with van der Waals surface area (Å²) in [7, 11) is 0. The van der Waals surface area contributed by atoms with Crippen molar-refractivity contribution in [2.24, 2.45) is 0 Å². The minimum absolute atomic E-state index is 0.218. The summed E-state index contributed by atoms with van der Waals surface area (Å²) in [4.78, 5) is 37.4. The Morgan fingerprint density at radius 3 is 2.70 bits per heavy atom. The summed E-state index contributed by atoms with van der Waals surface area (Å²) in [5.74, 6) is 0.0249. The number of ether oxygens (including phenoxy) is 1. The molecule has 0 atom stereocenters. The van der Waals surface area contributed by atoms with Gasteiger partial charge in [-0.2, -0.15) is 0 Å². The molecule has 2 amide bonds. The SMILES string of the molecule is CCCCOC(=O)CN1C(=O)S/C(=C\c2ccc(-c3ccccc3)o2)C1=O. The molecule has 0 N–H and O–H groups in total. The number of amides is 2.